The minimum absolute atomic E-state index is 0.112. The van der Waals surface area contributed by atoms with E-state index in [1.807, 2.05) is 20.8 Å². The lowest BCUT2D eigenvalue weighted by molar-refractivity contribution is -0.337. The molecule has 0 bridgehead atoms. The summed E-state index contributed by atoms with van der Waals surface area (Å²) in [7, 11) is 0. The van der Waals surface area contributed by atoms with Crippen LogP contribution < -0.4 is 0 Å². The molecule has 0 radical (unpaired) electrons. The summed E-state index contributed by atoms with van der Waals surface area (Å²) in [6.45, 7) is 5.32. The highest BCUT2D eigenvalue weighted by molar-refractivity contribution is 6.11. The second kappa shape index (κ2) is 4.66. The van der Waals surface area contributed by atoms with Gasteiger partial charge in [0.1, 0.15) is 12.9 Å². The quantitative estimate of drug-likeness (QED) is 0.372. The fourth-order valence-corrected chi connectivity index (χ4v) is 0.594. The van der Waals surface area contributed by atoms with Crippen LogP contribution in [0.3, 0.4) is 0 Å². The lowest BCUT2D eigenvalue weighted by atomic mass is 10.2. The van der Waals surface area contributed by atoms with Gasteiger partial charge in [0, 0.05) is 16.5 Å². The molecule has 0 aliphatic carbocycles. The van der Waals surface area contributed by atoms with Crippen LogP contribution in [0.2, 0.25) is 0 Å². The predicted octanol–water partition coefficient (Wildman–Crippen LogP) is 1.30. The fraction of sp³-hybridized carbons (Fsp3) is 0.833. The minimum Gasteiger partial charge on any atom is -0.301 e. The Balaban J connectivity index is 3.51. The molecule has 0 unspecified atom stereocenters. The van der Waals surface area contributed by atoms with Crippen molar-refractivity contribution in [2.24, 2.45) is 0 Å². The van der Waals surface area contributed by atoms with Gasteiger partial charge in [0.25, 0.3) is 0 Å². The van der Waals surface area contributed by atoms with Gasteiger partial charge >= 0.3 is 0 Å². The summed E-state index contributed by atoms with van der Waals surface area (Å²) in [4.78, 5) is 19.3. The number of aldehydes is 1. The molecule has 0 saturated heterocycles. The van der Waals surface area contributed by atoms with E-state index in [1.165, 1.54) is 0 Å². The molecule has 0 rings (SSSR count). The summed E-state index contributed by atoms with van der Waals surface area (Å²) in [5.74, 6) is 0. The van der Waals surface area contributed by atoms with Crippen LogP contribution in [0, 0.1) is 0 Å². The van der Waals surface area contributed by atoms with Crippen LogP contribution in [-0.4, -0.2) is 23.2 Å². The van der Waals surface area contributed by atoms with E-state index in [-0.39, 0.29) is 6.61 Å². The maximum absolute atomic E-state index is 9.81. The van der Waals surface area contributed by atoms with Gasteiger partial charge < -0.3 is 4.79 Å². The van der Waals surface area contributed by atoms with E-state index in [4.69, 9.17) is 16.6 Å². The van der Waals surface area contributed by atoms with E-state index in [1.54, 1.807) is 0 Å². The van der Waals surface area contributed by atoms with Crippen molar-refractivity contribution in [3.05, 3.63) is 0 Å². The second-order valence-electron chi connectivity index (χ2n) is 2.88. The molecule has 11 heavy (non-hydrogen) atoms. The van der Waals surface area contributed by atoms with Gasteiger partial charge in [0.05, 0.1) is 5.60 Å². The third-order valence-electron chi connectivity index (χ3n) is 0.590. The largest absolute Gasteiger partial charge is 0.301 e. The van der Waals surface area contributed by atoms with Crippen molar-refractivity contribution >= 4 is 18.1 Å². The van der Waals surface area contributed by atoms with Crippen molar-refractivity contribution in [1.29, 1.82) is 0 Å². The van der Waals surface area contributed by atoms with Crippen molar-refractivity contribution in [1.82, 2.24) is 4.75 Å². The highest BCUT2D eigenvalue weighted by Gasteiger charge is 2.15. The van der Waals surface area contributed by atoms with Crippen LogP contribution in [0.4, 0.5) is 0 Å². The smallest absolute Gasteiger partial charge is 0.147 e. The summed E-state index contributed by atoms with van der Waals surface area (Å²) in [5.41, 5.74) is -0.426. The number of carbonyl (C=O) groups excluding carboxylic acids is 1. The molecule has 0 heterocycles. The van der Waals surface area contributed by atoms with Gasteiger partial charge in [0.15, 0.2) is 0 Å². The van der Waals surface area contributed by atoms with Crippen LogP contribution in [-0.2, 0) is 14.5 Å². The molecule has 0 amide bonds. The Morgan fingerprint density at radius 3 is 2.45 bits per heavy atom. The Kier molecular flexibility index (Phi) is 4.60. The van der Waals surface area contributed by atoms with Gasteiger partial charge in [-0.25, -0.2) is 0 Å². The topological polar surface area (TPSA) is 38.8 Å². The average Bonchev–Trinajstić information content (AvgIpc) is 1.79. The third-order valence-corrected chi connectivity index (χ3v) is 0.756. The zero-order valence-corrected chi connectivity index (χ0v) is 7.59. The van der Waals surface area contributed by atoms with Gasteiger partial charge in [-0.15, -0.1) is 0 Å². The average molecular weight is 182 g/mol. The highest BCUT2D eigenvalue weighted by Crippen LogP contribution is 2.11. The second-order valence-corrected chi connectivity index (χ2v) is 3.15. The van der Waals surface area contributed by atoms with Crippen molar-refractivity contribution in [2.75, 3.05) is 6.61 Å². The molecule has 0 atom stereocenters. The molecule has 0 aromatic rings. The molecule has 4 nitrogen and oxygen atoms in total. The molecule has 0 aliphatic rings. The van der Waals surface area contributed by atoms with Gasteiger partial charge in [0.2, 0.25) is 0 Å². The lowest BCUT2D eigenvalue weighted by Gasteiger charge is -2.22. The van der Waals surface area contributed by atoms with Gasteiger partial charge in [-0.05, 0) is 20.8 Å². The molecule has 0 saturated carbocycles. The number of carbonyl (C=O) groups is 1. The maximum atomic E-state index is 9.81. The molecule has 5 heteroatoms. The van der Waals surface area contributed by atoms with Crippen molar-refractivity contribution in [3.8, 4) is 0 Å². The number of halogens is 1. The molecule has 66 valence electrons. The lowest BCUT2D eigenvalue weighted by Crippen LogP contribution is -2.28. The SMILES string of the molecule is CC(C)(C)ON(Cl)OCC=O. The van der Waals surface area contributed by atoms with Crippen LogP contribution in [0.5, 0.6) is 0 Å². The molecule has 0 aliphatic heterocycles. The summed E-state index contributed by atoms with van der Waals surface area (Å²) in [6.07, 6.45) is 0.585. The molecule has 0 fully saturated rings. The minimum atomic E-state index is -0.426. The first-order valence-corrected chi connectivity index (χ1v) is 3.51. The Hall–Kier alpha value is -0.160. The van der Waals surface area contributed by atoms with E-state index in [0.29, 0.717) is 11.0 Å². The fourth-order valence-electron chi connectivity index (χ4n) is 0.331. The van der Waals surface area contributed by atoms with Gasteiger partial charge in [-0.3, -0.25) is 9.68 Å². The van der Waals surface area contributed by atoms with Crippen molar-refractivity contribution in [3.63, 3.8) is 0 Å². The van der Waals surface area contributed by atoms with Crippen LogP contribution in [0.1, 0.15) is 20.8 Å². The standard InChI is InChI=1S/C6H12ClNO3/c1-6(2,3)11-8(7)10-5-4-9/h4H,5H2,1-3H3. The monoisotopic (exact) mass is 181 g/mol. The van der Waals surface area contributed by atoms with Crippen molar-refractivity contribution < 1.29 is 14.5 Å². The van der Waals surface area contributed by atoms with E-state index in [2.05, 4.69) is 4.84 Å². The Morgan fingerprint density at radius 1 is 1.55 bits per heavy atom. The number of hydrogen-bond donors (Lipinski definition) is 0. The first-order valence-electron chi connectivity index (χ1n) is 3.17. The normalized spacial score (nSPS) is 12.1. The Bertz CT molecular complexity index is 123. The van der Waals surface area contributed by atoms with Crippen molar-refractivity contribution in [2.45, 2.75) is 26.4 Å². The maximum Gasteiger partial charge on any atom is 0.147 e. The Morgan fingerprint density at radius 2 is 2.09 bits per heavy atom. The number of nitrogens with zero attached hydrogens (tertiary/aromatic N) is 1. The molecule has 0 aromatic carbocycles. The van der Waals surface area contributed by atoms with E-state index >= 15 is 0 Å². The zero-order valence-electron chi connectivity index (χ0n) is 6.83. The predicted molar refractivity (Wildman–Crippen MR) is 40.5 cm³/mol. The van der Waals surface area contributed by atoms with Gasteiger partial charge in [-0.2, -0.15) is 0 Å². The first-order chi connectivity index (χ1) is 4.95. The van der Waals surface area contributed by atoms with E-state index in [0.717, 1.165) is 0 Å². The van der Waals surface area contributed by atoms with Crippen LogP contribution >= 0.6 is 11.8 Å². The number of hydrogen-bond acceptors (Lipinski definition) is 4. The van der Waals surface area contributed by atoms with Gasteiger partial charge in [-0.1, -0.05) is 0 Å². The summed E-state index contributed by atoms with van der Waals surface area (Å²) in [5, 5.41) is 0. The zero-order chi connectivity index (χ0) is 8.91. The molecular formula is C6H12ClNO3. The van der Waals surface area contributed by atoms with Crippen LogP contribution in [0.25, 0.3) is 0 Å². The number of rotatable bonds is 4. The summed E-state index contributed by atoms with van der Waals surface area (Å²) in [6, 6.07) is 0. The molecule has 0 aromatic heterocycles. The summed E-state index contributed by atoms with van der Waals surface area (Å²) < 4.78 is 0.661. The van der Waals surface area contributed by atoms with Crippen LogP contribution in [0.15, 0.2) is 0 Å². The first kappa shape index (κ1) is 10.8. The molecule has 0 spiro atoms. The molecule has 0 N–H and O–H groups in total. The van der Waals surface area contributed by atoms with E-state index in [9.17, 15) is 4.79 Å². The highest BCUT2D eigenvalue weighted by atomic mass is 35.5. The molecular weight excluding hydrogens is 170 g/mol. The summed E-state index contributed by atoms with van der Waals surface area (Å²) >= 11 is 5.37. The third kappa shape index (κ3) is 7.74. The van der Waals surface area contributed by atoms with E-state index < -0.39 is 5.60 Å². The Labute approximate surface area is 71.0 Å².